The summed E-state index contributed by atoms with van der Waals surface area (Å²) in [4.78, 5) is 19.1. The number of likely N-dealkylation sites (N-methyl/N-ethyl adjacent to an activating group) is 1. The van der Waals surface area contributed by atoms with Crippen molar-refractivity contribution in [2.24, 2.45) is 11.8 Å². The van der Waals surface area contributed by atoms with Crippen LogP contribution in [0.5, 0.6) is 0 Å². The number of rotatable bonds is 3. The molecule has 2 aliphatic rings. The molecule has 0 aromatic carbocycles. The molecule has 0 spiro atoms. The lowest BCUT2D eigenvalue weighted by atomic mass is 9.78. The molecule has 4 heteroatoms. The molecule has 3 heterocycles. The maximum atomic E-state index is 12.2. The summed E-state index contributed by atoms with van der Waals surface area (Å²) in [6.07, 6.45) is 2.07. The Bertz CT molecular complexity index is 528. The standard InChI is InChI=1S/C16H23N3O/c1-5-19-15(10(4)20)12(9(2)3)13-14-11(18-16(13)19)7-6-8-17-14/h6-9,12-13,15-16,18H,5H2,1-4H3. The minimum absolute atomic E-state index is 0.0117. The van der Waals surface area contributed by atoms with Crippen LogP contribution in [0.2, 0.25) is 0 Å². The molecule has 0 radical (unpaired) electrons. The Balaban J connectivity index is 2.08. The number of likely N-dealkylation sites (tertiary alicyclic amines) is 1. The van der Waals surface area contributed by atoms with Crippen LogP contribution in [0.4, 0.5) is 5.69 Å². The number of aromatic nitrogens is 1. The van der Waals surface area contributed by atoms with Crippen LogP contribution < -0.4 is 5.32 Å². The van der Waals surface area contributed by atoms with Crippen molar-refractivity contribution in [1.82, 2.24) is 9.88 Å². The highest BCUT2D eigenvalue weighted by molar-refractivity contribution is 5.83. The SMILES string of the molecule is CCN1C2Nc3cccnc3C2C(C(C)C)C1C(C)=O. The molecule has 3 rings (SSSR count). The number of Topliss-reactive ketones (excluding diaryl/α,β-unsaturated/α-hetero) is 1. The van der Waals surface area contributed by atoms with Gasteiger partial charge in [0.2, 0.25) is 0 Å². The molecule has 108 valence electrons. The van der Waals surface area contributed by atoms with Crippen LogP contribution >= 0.6 is 0 Å². The van der Waals surface area contributed by atoms with Gasteiger partial charge in [0, 0.05) is 12.1 Å². The van der Waals surface area contributed by atoms with E-state index in [2.05, 4.69) is 42.0 Å². The highest BCUT2D eigenvalue weighted by Gasteiger charge is 2.55. The monoisotopic (exact) mass is 273 g/mol. The Morgan fingerprint density at radius 2 is 2.25 bits per heavy atom. The molecule has 1 aromatic rings. The molecular formula is C16H23N3O. The topological polar surface area (TPSA) is 45.2 Å². The van der Waals surface area contributed by atoms with Crippen molar-refractivity contribution in [3.63, 3.8) is 0 Å². The first-order chi connectivity index (χ1) is 9.56. The molecule has 1 N–H and O–H groups in total. The molecule has 4 atom stereocenters. The maximum absolute atomic E-state index is 12.2. The third kappa shape index (κ3) is 1.78. The van der Waals surface area contributed by atoms with Gasteiger partial charge < -0.3 is 5.32 Å². The Morgan fingerprint density at radius 3 is 2.85 bits per heavy atom. The zero-order chi connectivity index (χ0) is 14.4. The third-order valence-corrected chi connectivity index (χ3v) is 4.84. The minimum atomic E-state index is 0.0117. The van der Waals surface area contributed by atoms with E-state index in [4.69, 9.17) is 0 Å². The fourth-order valence-electron chi connectivity index (χ4n) is 4.15. The van der Waals surface area contributed by atoms with Gasteiger partial charge in [-0.2, -0.15) is 0 Å². The number of hydrogen-bond donors (Lipinski definition) is 1. The van der Waals surface area contributed by atoms with E-state index in [-0.39, 0.29) is 18.0 Å². The highest BCUT2D eigenvalue weighted by Crippen LogP contribution is 2.50. The second-order valence-electron chi connectivity index (χ2n) is 6.26. The number of carbonyl (C=O) groups excluding carboxylic acids is 1. The van der Waals surface area contributed by atoms with E-state index in [9.17, 15) is 4.79 Å². The van der Waals surface area contributed by atoms with E-state index >= 15 is 0 Å². The van der Waals surface area contributed by atoms with Gasteiger partial charge in [-0.3, -0.25) is 14.7 Å². The smallest absolute Gasteiger partial charge is 0.147 e. The largest absolute Gasteiger partial charge is 0.367 e. The Morgan fingerprint density at radius 1 is 1.50 bits per heavy atom. The van der Waals surface area contributed by atoms with Crippen molar-refractivity contribution in [2.45, 2.75) is 45.8 Å². The molecule has 1 saturated heterocycles. The van der Waals surface area contributed by atoms with E-state index < -0.39 is 0 Å². The maximum Gasteiger partial charge on any atom is 0.147 e. The number of ketones is 1. The zero-order valence-electron chi connectivity index (χ0n) is 12.6. The highest BCUT2D eigenvalue weighted by atomic mass is 16.1. The number of fused-ring (bicyclic) bond motifs is 3. The summed E-state index contributed by atoms with van der Waals surface area (Å²) in [7, 11) is 0. The Labute approximate surface area is 120 Å². The first kappa shape index (κ1) is 13.6. The van der Waals surface area contributed by atoms with Crippen molar-refractivity contribution in [1.29, 1.82) is 0 Å². The predicted octanol–water partition coefficient (Wildman–Crippen LogP) is 2.48. The summed E-state index contributed by atoms with van der Waals surface area (Å²) in [6, 6.07) is 4.07. The summed E-state index contributed by atoms with van der Waals surface area (Å²) < 4.78 is 0. The van der Waals surface area contributed by atoms with Crippen LogP contribution in [0, 0.1) is 11.8 Å². The third-order valence-electron chi connectivity index (χ3n) is 4.84. The van der Waals surface area contributed by atoms with Crippen LogP contribution in [0.25, 0.3) is 0 Å². The molecule has 2 aliphatic heterocycles. The first-order valence-corrected chi connectivity index (χ1v) is 7.54. The normalized spacial score (nSPS) is 32.0. The van der Waals surface area contributed by atoms with Crippen LogP contribution in [-0.2, 0) is 4.79 Å². The second-order valence-corrected chi connectivity index (χ2v) is 6.26. The lowest BCUT2D eigenvalue weighted by Gasteiger charge is -2.30. The van der Waals surface area contributed by atoms with Gasteiger partial charge >= 0.3 is 0 Å². The zero-order valence-corrected chi connectivity index (χ0v) is 12.6. The molecule has 1 fully saturated rings. The number of pyridine rings is 1. The van der Waals surface area contributed by atoms with Gasteiger partial charge in [0.25, 0.3) is 0 Å². The van der Waals surface area contributed by atoms with E-state index in [1.807, 2.05) is 12.3 Å². The van der Waals surface area contributed by atoms with Gasteiger partial charge in [0.1, 0.15) is 5.78 Å². The van der Waals surface area contributed by atoms with Crippen molar-refractivity contribution >= 4 is 11.5 Å². The van der Waals surface area contributed by atoms with Crippen LogP contribution in [0.3, 0.4) is 0 Å². The van der Waals surface area contributed by atoms with Crippen LogP contribution in [-0.4, -0.2) is 34.4 Å². The van der Waals surface area contributed by atoms with Gasteiger partial charge in [0.15, 0.2) is 0 Å². The number of nitrogens with zero attached hydrogens (tertiary/aromatic N) is 2. The lowest BCUT2D eigenvalue weighted by molar-refractivity contribution is -0.123. The fourth-order valence-corrected chi connectivity index (χ4v) is 4.15. The van der Waals surface area contributed by atoms with Crippen molar-refractivity contribution < 1.29 is 4.79 Å². The lowest BCUT2D eigenvalue weighted by Crippen LogP contribution is -2.44. The van der Waals surface area contributed by atoms with Gasteiger partial charge in [-0.05, 0) is 37.4 Å². The van der Waals surface area contributed by atoms with Gasteiger partial charge in [-0.25, -0.2) is 0 Å². The van der Waals surface area contributed by atoms with Crippen molar-refractivity contribution in [3.05, 3.63) is 24.0 Å². The summed E-state index contributed by atoms with van der Waals surface area (Å²) in [5, 5.41) is 3.58. The molecule has 1 aromatic heterocycles. The number of nitrogens with one attached hydrogen (secondary N) is 1. The quantitative estimate of drug-likeness (QED) is 0.919. The summed E-state index contributed by atoms with van der Waals surface area (Å²) in [5.74, 6) is 1.39. The fraction of sp³-hybridized carbons (Fsp3) is 0.625. The molecule has 0 saturated carbocycles. The summed E-state index contributed by atoms with van der Waals surface area (Å²) in [5.41, 5.74) is 2.27. The Kier molecular flexibility index (Phi) is 3.28. The minimum Gasteiger partial charge on any atom is -0.367 e. The second kappa shape index (κ2) is 4.85. The van der Waals surface area contributed by atoms with Crippen LogP contribution in [0.1, 0.15) is 39.3 Å². The van der Waals surface area contributed by atoms with Gasteiger partial charge in [-0.1, -0.05) is 20.8 Å². The molecule has 4 nitrogen and oxygen atoms in total. The van der Waals surface area contributed by atoms with Crippen molar-refractivity contribution in [2.75, 3.05) is 11.9 Å². The average molecular weight is 273 g/mol. The average Bonchev–Trinajstić information content (AvgIpc) is 2.91. The van der Waals surface area contributed by atoms with Crippen molar-refractivity contribution in [3.8, 4) is 0 Å². The molecular weight excluding hydrogens is 250 g/mol. The van der Waals surface area contributed by atoms with E-state index in [0.717, 1.165) is 17.9 Å². The Hall–Kier alpha value is -1.42. The molecule has 20 heavy (non-hydrogen) atoms. The number of carbonyl (C=O) groups is 1. The van der Waals surface area contributed by atoms with E-state index in [1.54, 1.807) is 6.92 Å². The van der Waals surface area contributed by atoms with E-state index in [0.29, 0.717) is 17.8 Å². The molecule has 0 aliphatic carbocycles. The number of hydrogen-bond acceptors (Lipinski definition) is 4. The predicted molar refractivity (Wildman–Crippen MR) is 79.6 cm³/mol. The first-order valence-electron chi connectivity index (χ1n) is 7.54. The van der Waals surface area contributed by atoms with Gasteiger partial charge in [-0.15, -0.1) is 0 Å². The summed E-state index contributed by atoms with van der Waals surface area (Å²) in [6.45, 7) is 9.18. The molecule has 0 amide bonds. The van der Waals surface area contributed by atoms with Crippen LogP contribution in [0.15, 0.2) is 18.3 Å². The number of anilines is 1. The summed E-state index contributed by atoms with van der Waals surface area (Å²) >= 11 is 0. The van der Waals surface area contributed by atoms with E-state index in [1.165, 1.54) is 0 Å². The molecule has 4 unspecified atom stereocenters. The molecule has 0 bridgehead atoms. The van der Waals surface area contributed by atoms with Gasteiger partial charge in [0.05, 0.1) is 23.6 Å².